The molecular weight excluding hydrogens is 396 g/mol. The molecule has 0 radical (unpaired) electrons. The van der Waals surface area contributed by atoms with Crippen LogP contribution in [0.3, 0.4) is 0 Å². The third-order valence-corrected chi connectivity index (χ3v) is 8.55. The van der Waals surface area contributed by atoms with E-state index in [4.69, 9.17) is 14.5 Å². The smallest absolute Gasteiger partial charge is 0.282 e. The van der Waals surface area contributed by atoms with Crippen molar-refractivity contribution in [2.24, 2.45) is 28.8 Å². The Morgan fingerprint density at radius 2 is 1.42 bits per heavy atom. The molecule has 7 aliphatic rings. The Kier molecular flexibility index (Phi) is 3.72. The second kappa shape index (κ2) is 6.24. The number of amides is 2. The van der Waals surface area contributed by atoms with E-state index < -0.39 is 11.6 Å². The highest BCUT2D eigenvalue weighted by atomic mass is 17.3. The average Bonchev–Trinajstić information content (AvgIpc) is 3.26. The van der Waals surface area contributed by atoms with E-state index in [0.29, 0.717) is 48.6 Å². The third-order valence-electron chi connectivity index (χ3n) is 8.55. The van der Waals surface area contributed by atoms with Crippen LogP contribution in [0, 0.1) is 23.7 Å². The van der Waals surface area contributed by atoms with Gasteiger partial charge in [0.05, 0.1) is 11.1 Å². The molecule has 8 rings (SSSR count). The molecule has 31 heavy (non-hydrogen) atoms. The van der Waals surface area contributed by atoms with Crippen LogP contribution in [-0.2, 0) is 14.5 Å². The van der Waals surface area contributed by atoms with E-state index in [-0.39, 0.29) is 11.8 Å². The van der Waals surface area contributed by atoms with Gasteiger partial charge in [-0.1, -0.05) is 12.1 Å². The van der Waals surface area contributed by atoms with Gasteiger partial charge in [-0.15, -0.1) is 0 Å². The molecular formula is C24H26N2O5. The molecule has 2 amide bonds. The fraction of sp³-hybridized carbons (Fsp3) is 0.625. The lowest BCUT2D eigenvalue weighted by atomic mass is 9.53. The van der Waals surface area contributed by atoms with Gasteiger partial charge in [0, 0.05) is 30.4 Å². The summed E-state index contributed by atoms with van der Waals surface area (Å²) in [5.74, 6) is 0.563. The summed E-state index contributed by atoms with van der Waals surface area (Å²) >= 11 is 0. The highest BCUT2D eigenvalue weighted by Crippen LogP contribution is 2.63. The van der Waals surface area contributed by atoms with Crippen LogP contribution in [0.5, 0.6) is 0 Å². The molecule has 1 saturated heterocycles. The van der Waals surface area contributed by atoms with Crippen LogP contribution in [0.15, 0.2) is 29.4 Å². The van der Waals surface area contributed by atoms with Crippen molar-refractivity contribution in [2.45, 2.75) is 69.4 Å². The second-order valence-electron chi connectivity index (χ2n) is 10.3. The average molecular weight is 422 g/mol. The molecule has 2 aliphatic heterocycles. The maximum Gasteiger partial charge on any atom is 0.282 e. The lowest BCUT2D eigenvalue weighted by molar-refractivity contribution is -0.389. The van der Waals surface area contributed by atoms with Crippen LogP contribution < -0.4 is 0 Å². The first-order valence-corrected chi connectivity index (χ1v) is 11.7. The molecule has 1 aromatic rings. The highest BCUT2D eigenvalue weighted by Gasteiger charge is 2.66. The van der Waals surface area contributed by atoms with Crippen LogP contribution >= 0.6 is 0 Å². The first-order valence-electron chi connectivity index (χ1n) is 11.7. The van der Waals surface area contributed by atoms with E-state index in [1.807, 2.05) is 0 Å². The Balaban J connectivity index is 1.07. The molecule has 0 atom stereocenters. The van der Waals surface area contributed by atoms with Gasteiger partial charge in [0.15, 0.2) is 0 Å². The first-order chi connectivity index (χ1) is 15.1. The Labute approximate surface area is 180 Å². The van der Waals surface area contributed by atoms with E-state index in [2.05, 4.69) is 5.10 Å². The van der Waals surface area contributed by atoms with Crippen LogP contribution in [0.1, 0.15) is 78.5 Å². The van der Waals surface area contributed by atoms with E-state index >= 15 is 0 Å². The summed E-state index contributed by atoms with van der Waals surface area (Å²) < 4.78 is 6.72. The predicted octanol–water partition coefficient (Wildman–Crippen LogP) is 4.04. The Hall–Kier alpha value is -2.09. The maximum absolute atomic E-state index is 12.6. The Morgan fingerprint density at radius 1 is 0.839 bits per heavy atom. The number of imide groups is 1. The second-order valence-corrected chi connectivity index (χ2v) is 10.3. The number of hydrogen-bond donors (Lipinski definition) is 0. The van der Waals surface area contributed by atoms with Crippen molar-refractivity contribution in [3.8, 4) is 0 Å². The molecule has 7 heteroatoms. The molecule has 1 aromatic carbocycles. The van der Waals surface area contributed by atoms with Gasteiger partial charge >= 0.3 is 0 Å². The van der Waals surface area contributed by atoms with Gasteiger partial charge in [-0.25, -0.2) is 0 Å². The van der Waals surface area contributed by atoms with Crippen molar-refractivity contribution in [1.29, 1.82) is 0 Å². The van der Waals surface area contributed by atoms with Gasteiger partial charge in [-0.2, -0.15) is 19.9 Å². The molecule has 6 fully saturated rings. The van der Waals surface area contributed by atoms with Gasteiger partial charge in [-0.3, -0.25) is 9.59 Å². The monoisotopic (exact) mass is 422 g/mol. The molecule has 2 heterocycles. The van der Waals surface area contributed by atoms with Crippen LogP contribution in [0.2, 0.25) is 0 Å². The summed E-state index contributed by atoms with van der Waals surface area (Å²) in [6, 6.07) is 6.88. The van der Waals surface area contributed by atoms with Crippen LogP contribution in [0.4, 0.5) is 0 Å². The summed E-state index contributed by atoms with van der Waals surface area (Å²) in [5, 5.41) is 5.46. The molecule has 2 spiro atoms. The van der Waals surface area contributed by atoms with Crippen molar-refractivity contribution >= 4 is 17.5 Å². The number of fused-ring (bicyclic) bond motifs is 1. The maximum atomic E-state index is 12.6. The minimum absolute atomic E-state index is 0.349. The highest BCUT2D eigenvalue weighted by molar-refractivity contribution is 6.21. The standard InChI is InChI=1S/C24H26N2O5/c27-21-19-3-1-2-4-20(19)22(28)26(21)25-18-5-7-23(8-6-18)29-24(31-30-23)16-10-14-9-15(12-16)13-17(24)11-14/h1-4,14-17H,5-13H2. The fourth-order valence-electron chi connectivity index (χ4n) is 7.22. The van der Waals surface area contributed by atoms with Crippen molar-refractivity contribution in [1.82, 2.24) is 5.01 Å². The third kappa shape index (κ3) is 2.54. The van der Waals surface area contributed by atoms with Crippen LogP contribution in [-0.4, -0.2) is 34.1 Å². The molecule has 5 aliphatic carbocycles. The quantitative estimate of drug-likeness (QED) is 0.504. The van der Waals surface area contributed by atoms with Crippen molar-refractivity contribution < 1.29 is 24.1 Å². The summed E-state index contributed by atoms with van der Waals surface area (Å²) in [5.41, 5.74) is 1.67. The number of ether oxygens (including phenoxy) is 1. The number of benzene rings is 1. The fourth-order valence-corrected chi connectivity index (χ4v) is 7.22. The van der Waals surface area contributed by atoms with E-state index in [9.17, 15) is 9.59 Å². The first kappa shape index (κ1) is 18.5. The zero-order valence-corrected chi connectivity index (χ0v) is 17.4. The van der Waals surface area contributed by atoms with Gasteiger partial charge in [0.25, 0.3) is 11.8 Å². The summed E-state index contributed by atoms with van der Waals surface area (Å²) in [7, 11) is 0. The molecule has 0 unspecified atom stereocenters. The lowest BCUT2D eigenvalue weighted by Gasteiger charge is -2.57. The number of carbonyl (C=O) groups excluding carboxylic acids is 2. The molecule has 7 nitrogen and oxygen atoms in total. The predicted molar refractivity (Wildman–Crippen MR) is 109 cm³/mol. The zero-order valence-electron chi connectivity index (χ0n) is 17.4. The molecule has 5 saturated carbocycles. The van der Waals surface area contributed by atoms with Crippen LogP contribution in [0.25, 0.3) is 0 Å². The zero-order chi connectivity index (χ0) is 20.8. The minimum atomic E-state index is -0.726. The lowest BCUT2D eigenvalue weighted by Crippen LogP contribution is -2.59. The van der Waals surface area contributed by atoms with Gasteiger partial charge in [0.2, 0.25) is 11.6 Å². The summed E-state index contributed by atoms with van der Waals surface area (Å²) in [6.45, 7) is 0. The van der Waals surface area contributed by atoms with Gasteiger partial charge < -0.3 is 4.74 Å². The van der Waals surface area contributed by atoms with E-state index in [1.165, 1.54) is 32.1 Å². The molecule has 0 N–H and O–H groups in total. The van der Waals surface area contributed by atoms with E-state index in [1.54, 1.807) is 24.3 Å². The SMILES string of the molecule is O=C1c2ccccc2C(=O)N1N=C1CCC2(CC1)OOC1(O2)C2CC3CC(C2)CC1C3. The normalized spacial score (nSPS) is 42.8. The number of carbonyl (C=O) groups is 2. The van der Waals surface area contributed by atoms with Gasteiger partial charge in [-0.05, 0) is 68.9 Å². The van der Waals surface area contributed by atoms with E-state index in [0.717, 1.165) is 22.6 Å². The summed E-state index contributed by atoms with van der Waals surface area (Å²) in [6.07, 6.45) is 8.65. The minimum Gasteiger partial charge on any atom is -0.312 e. The number of nitrogens with zero attached hydrogens (tertiary/aromatic N) is 2. The molecule has 0 aromatic heterocycles. The molecule has 162 valence electrons. The van der Waals surface area contributed by atoms with Crippen molar-refractivity contribution in [2.75, 3.05) is 0 Å². The van der Waals surface area contributed by atoms with Crippen molar-refractivity contribution in [3.05, 3.63) is 35.4 Å². The van der Waals surface area contributed by atoms with Crippen molar-refractivity contribution in [3.63, 3.8) is 0 Å². The summed E-state index contributed by atoms with van der Waals surface area (Å²) in [4.78, 5) is 37.2. The number of hydrazone groups is 1. The topological polar surface area (TPSA) is 77.4 Å². The number of hydrogen-bond acceptors (Lipinski definition) is 6. The largest absolute Gasteiger partial charge is 0.312 e. The molecule has 4 bridgehead atoms. The Morgan fingerprint density at radius 3 is 2.00 bits per heavy atom. The van der Waals surface area contributed by atoms with Gasteiger partial charge in [0.1, 0.15) is 0 Å². The number of rotatable bonds is 1. The Bertz CT molecular complexity index is 944.